The Balaban J connectivity index is 1.10. The predicted octanol–water partition coefficient (Wildman–Crippen LogP) is 19.1. The van der Waals surface area contributed by atoms with Crippen molar-refractivity contribution in [3.05, 3.63) is 204 Å². The molecule has 4 heterocycles. The number of benzene rings is 9. The molecule has 9 aromatic carbocycles. The van der Waals surface area contributed by atoms with Crippen LogP contribution in [0.15, 0.2) is 176 Å². The van der Waals surface area contributed by atoms with Gasteiger partial charge in [0.25, 0.3) is 0 Å². The summed E-state index contributed by atoms with van der Waals surface area (Å²) in [7, 11) is 0. The summed E-state index contributed by atoms with van der Waals surface area (Å²) in [6.07, 6.45) is 9.42. The van der Waals surface area contributed by atoms with Crippen molar-refractivity contribution in [2.75, 3.05) is 14.6 Å². The van der Waals surface area contributed by atoms with Crippen LogP contribution in [0.1, 0.15) is 148 Å². The molecule has 0 radical (unpaired) electrons. The van der Waals surface area contributed by atoms with Gasteiger partial charge in [0.15, 0.2) is 0 Å². The SMILES string of the molecule is CC1(C)CCC(C)(C)c2cc(N3B4c5cc6c(cc5-n5c7c4c(cc(N4c8ccccc8C8(C)CCCCC48C)c7c4ccc7ccccc7c45)-c4ccc(N(c5ccccc5)c5ccccc5)cc43)C(C)(C)CCC6(C)C)ccc21. The maximum Gasteiger partial charge on any atom is 0.333 e. The minimum atomic E-state index is -0.152. The van der Waals surface area contributed by atoms with Crippen LogP contribution in [0, 0.1) is 0 Å². The van der Waals surface area contributed by atoms with E-state index in [1.54, 1.807) is 0 Å². The summed E-state index contributed by atoms with van der Waals surface area (Å²) in [5, 5.41) is 5.30. The molecule has 3 aliphatic heterocycles. The Morgan fingerprint density at radius 3 is 1.74 bits per heavy atom. The molecule has 5 heteroatoms. The molecule has 0 amide bonds. The van der Waals surface area contributed by atoms with Crippen molar-refractivity contribution in [1.29, 1.82) is 0 Å². The molecule has 81 heavy (non-hydrogen) atoms. The van der Waals surface area contributed by atoms with E-state index in [0.29, 0.717) is 0 Å². The van der Waals surface area contributed by atoms with Crippen molar-refractivity contribution in [2.24, 2.45) is 0 Å². The van der Waals surface area contributed by atoms with Gasteiger partial charge in [-0.15, -0.1) is 0 Å². The molecule has 402 valence electrons. The van der Waals surface area contributed by atoms with Crippen molar-refractivity contribution in [3.63, 3.8) is 0 Å². The van der Waals surface area contributed by atoms with Gasteiger partial charge >= 0.3 is 6.85 Å². The topological polar surface area (TPSA) is 14.7 Å². The third kappa shape index (κ3) is 6.61. The largest absolute Gasteiger partial charge is 0.376 e. The zero-order valence-electron chi connectivity index (χ0n) is 49.3. The molecule has 1 saturated carbocycles. The summed E-state index contributed by atoms with van der Waals surface area (Å²) in [6, 6.07) is 69.0. The Morgan fingerprint density at radius 2 is 1.02 bits per heavy atom. The number of aromatic nitrogens is 1. The lowest BCUT2D eigenvalue weighted by molar-refractivity contribution is 0.195. The van der Waals surface area contributed by atoms with Gasteiger partial charge in [0.2, 0.25) is 0 Å². The molecule has 2 atom stereocenters. The molecule has 6 aliphatic rings. The molecule has 3 aliphatic carbocycles. The van der Waals surface area contributed by atoms with Gasteiger partial charge in [-0.25, -0.2) is 0 Å². The van der Waals surface area contributed by atoms with E-state index in [4.69, 9.17) is 0 Å². The van der Waals surface area contributed by atoms with Gasteiger partial charge in [-0.3, -0.25) is 0 Å². The third-order valence-electron chi connectivity index (χ3n) is 22.2. The zero-order chi connectivity index (χ0) is 55.3. The van der Waals surface area contributed by atoms with Crippen LogP contribution < -0.4 is 25.5 Å². The standard InChI is InChI=1S/C76H75BN4/c1-71(2)39-40-72(3,4)59-43-52(33-36-57(59)71)81-64-44-51(78(49-24-13-11-14-25-49)50-26-15-12-16-27-50)32-35-54(64)56-45-66(80-63-30-20-19-29-58(63)75(9)37-21-22-38-76(75,80)10)67-55-34-31-48-23-17-18-28-53(48)69(55)79-65-47-61-60(73(5,6)41-42-74(61,7)8)46-62(65)77(81)68(56)70(67)79/h11-20,23-36,43-47H,21-22,37-42H2,1-10H3. The molecular weight excluding hydrogens is 980 g/mol. The van der Waals surface area contributed by atoms with Crippen molar-refractivity contribution in [2.45, 2.75) is 153 Å². The minimum absolute atomic E-state index is 0.000428. The minimum Gasteiger partial charge on any atom is -0.376 e. The Labute approximate surface area is 480 Å². The van der Waals surface area contributed by atoms with E-state index in [-0.39, 0.29) is 39.5 Å². The first-order valence-corrected chi connectivity index (χ1v) is 30.5. The van der Waals surface area contributed by atoms with Crippen LogP contribution >= 0.6 is 0 Å². The lowest BCUT2D eigenvalue weighted by Crippen LogP contribution is -2.61. The first kappa shape index (κ1) is 49.3. The van der Waals surface area contributed by atoms with Crippen LogP contribution in [0.5, 0.6) is 0 Å². The van der Waals surface area contributed by atoms with E-state index in [0.717, 1.165) is 42.7 Å². The van der Waals surface area contributed by atoms with Crippen molar-refractivity contribution in [1.82, 2.24) is 4.57 Å². The van der Waals surface area contributed by atoms with Crippen molar-refractivity contribution in [3.8, 4) is 16.8 Å². The van der Waals surface area contributed by atoms with Gasteiger partial charge in [0.05, 0.1) is 22.3 Å². The highest BCUT2D eigenvalue weighted by atomic mass is 15.3. The van der Waals surface area contributed by atoms with E-state index in [1.807, 2.05) is 0 Å². The monoisotopic (exact) mass is 1050 g/mol. The summed E-state index contributed by atoms with van der Waals surface area (Å²) in [6.45, 7) is 25.1. The molecule has 16 rings (SSSR count). The lowest BCUT2D eigenvalue weighted by atomic mass is 9.43. The zero-order valence-corrected chi connectivity index (χ0v) is 49.3. The molecule has 1 fully saturated rings. The van der Waals surface area contributed by atoms with E-state index in [9.17, 15) is 0 Å². The Hall–Kier alpha value is -7.50. The fraction of sp³-hybridized carbons (Fsp3) is 0.316. The number of anilines is 7. The van der Waals surface area contributed by atoms with Crippen molar-refractivity contribution < 1.29 is 0 Å². The molecule has 2 unspecified atom stereocenters. The van der Waals surface area contributed by atoms with E-state index in [1.165, 1.54) is 137 Å². The second kappa shape index (κ2) is 16.6. The first-order valence-electron chi connectivity index (χ1n) is 30.5. The predicted molar refractivity (Wildman–Crippen MR) is 345 cm³/mol. The van der Waals surface area contributed by atoms with Gasteiger partial charge in [-0.05, 0) is 184 Å². The number of rotatable bonds is 5. The van der Waals surface area contributed by atoms with Crippen LogP contribution in [0.25, 0.3) is 49.4 Å². The highest BCUT2D eigenvalue weighted by molar-refractivity contribution is 6.94. The van der Waals surface area contributed by atoms with Crippen LogP contribution in [0.3, 0.4) is 0 Å². The molecule has 0 bridgehead atoms. The number of nitrogens with zero attached hydrogens (tertiary/aromatic N) is 4. The molecule has 1 aromatic heterocycles. The van der Waals surface area contributed by atoms with Crippen LogP contribution in [-0.2, 0) is 27.1 Å². The van der Waals surface area contributed by atoms with Gasteiger partial charge in [-0.2, -0.15) is 0 Å². The average Bonchev–Trinajstić information content (AvgIpc) is 4.10. The Morgan fingerprint density at radius 1 is 0.407 bits per heavy atom. The van der Waals surface area contributed by atoms with Gasteiger partial charge in [-0.1, -0.05) is 184 Å². The lowest BCUT2D eigenvalue weighted by Gasteiger charge is -2.51. The van der Waals surface area contributed by atoms with E-state index >= 15 is 0 Å². The first-order chi connectivity index (χ1) is 38.9. The Bertz CT molecular complexity index is 4270. The third-order valence-corrected chi connectivity index (χ3v) is 22.2. The second-order valence-electron chi connectivity index (χ2n) is 28.5. The normalized spacial score (nSPS) is 22.0. The second-order valence-corrected chi connectivity index (χ2v) is 28.5. The number of fused-ring (bicyclic) bond motifs is 15. The Kier molecular flexibility index (Phi) is 10.1. The van der Waals surface area contributed by atoms with Gasteiger partial charge in [0.1, 0.15) is 0 Å². The van der Waals surface area contributed by atoms with Gasteiger partial charge < -0.3 is 19.2 Å². The van der Waals surface area contributed by atoms with Crippen LogP contribution in [-0.4, -0.2) is 17.0 Å². The van der Waals surface area contributed by atoms with Gasteiger partial charge in [0, 0.05) is 66.9 Å². The summed E-state index contributed by atoms with van der Waals surface area (Å²) in [5.74, 6) is 0. The highest BCUT2D eigenvalue weighted by Gasteiger charge is 2.59. The maximum absolute atomic E-state index is 2.89. The number of hydrogen-bond donors (Lipinski definition) is 0. The van der Waals surface area contributed by atoms with E-state index in [2.05, 4.69) is 264 Å². The summed E-state index contributed by atoms with van der Waals surface area (Å²) < 4.78 is 2.81. The molecule has 0 N–H and O–H groups in total. The molecular formula is C76H75BN4. The van der Waals surface area contributed by atoms with E-state index < -0.39 is 0 Å². The fourth-order valence-electron chi connectivity index (χ4n) is 17.3. The summed E-state index contributed by atoms with van der Waals surface area (Å²) in [4.78, 5) is 8.19. The average molecular weight is 1060 g/mol. The maximum atomic E-state index is 2.89. The fourth-order valence-corrected chi connectivity index (χ4v) is 17.3. The summed E-state index contributed by atoms with van der Waals surface area (Å²) in [5.41, 5.74) is 25.4. The molecule has 0 spiro atoms. The number of para-hydroxylation sites is 3. The molecule has 0 saturated heterocycles. The highest BCUT2D eigenvalue weighted by Crippen LogP contribution is 2.63. The quantitative estimate of drug-likeness (QED) is 0.160. The molecule has 4 nitrogen and oxygen atoms in total. The van der Waals surface area contributed by atoms with Crippen LogP contribution in [0.2, 0.25) is 0 Å². The smallest absolute Gasteiger partial charge is 0.333 e. The van der Waals surface area contributed by atoms with Crippen LogP contribution in [0.4, 0.5) is 39.8 Å². The number of hydrogen-bond acceptors (Lipinski definition) is 3. The molecule has 10 aromatic rings. The van der Waals surface area contributed by atoms with Crippen molar-refractivity contribution >= 4 is 90.2 Å². The summed E-state index contributed by atoms with van der Waals surface area (Å²) >= 11 is 0.